The van der Waals surface area contributed by atoms with Gasteiger partial charge in [-0.3, -0.25) is 8.37 Å². The number of carbonyl (C=O) groups excluding carboxylic acids is 1. The van der Waals surface area contributed by atoms with E-state index in [1.807, 2.05) is 0 Å². The minimum absolute atomic E-state index is 0.270. The number of rotatable bonds is 5. The number of hydrogen-bond acceptors (Lipinski definition) is 7. The molecule has 0 saturated heterocycles. The monoisotopic (exact) mass is 255 g/mol. The van der Waals surface area contributed by atoms with Gasteiger partial charge in [0.15, 0.2) is 0 Å². The van der Waals surface area contributed by atoms with E-state index in [9.17, 15) is 13.2 Å². The summed E-state index contributed by atoms with van der Waals surface area (Å²) in [6, 6.07) is 0. The summed E-state index contributed by atoms with van der Waals surface area (Å²) in [5.41, 5.74) is 5.48. The van der Waals surface area contributed by atoms with E-state index in [-0.39, 0.29) is 12.6 Å². The summed E-state index contributed by atoms with van der Waals surface area (Å²) >= 11 is 0. The van der Waals surface area contributed by atoms with Crippen LogP contribution in [-0.2, 0) is 28.3 Å². The van der Waals surface area contributed by atoms with Crippen molar-refractivity contribution in [2.75, 3.05) is 27.4 Å². The molecule has 0 heterocycles. The molecular weight excluding hydrogens is 238 g/mol. The predicted molar refractivity (Wildman–Crippen MR) is 57.8 cm³/mol. The molecule has 0 aromatic heterocycles. The van der Waals surface area contributed by atoms with Gasteiger partial charge in [-0.05, 0) is 6.92 Å². The summed E-state index contributed by atoms with van der Waals surface area (Å²) in [5, 5.41) is 0. The van der Waals surface area contributed by atoms with Crippen LogP contribution >= 0.6 is 0 Å². The molecule has 0 radical (unpaired) electrons. The fourth-order valence-corrected chi connectivity index (χ4v) is 0.479. The molecule has 0 aromatic rings. The van der Waals surface area contributed by atoms with Crippen LogP contribution in [0.15, 0.2) is 12.2 Å². The highest BCUT2D eigenvalue weighted by molar-refractivity contribution is 7.81. The maximum Gasteiger partial charge on any atom is 0.399 e. The Balaban J connectivity index is 0. The van der Waals surface area contributed by atoms with E-state index in [4.69, 9.17) is 5.73 Å². The van der Waals surface area contributed by atoms with Crippen molar-refractivity contribution in [1.29, 1.82) is 0 Å². The Morgan fingerprint density at radius 3 is 1.94 bits per heavy atom. The first-order valence-corrected chi connectivity index (χ1v) is 5.53. The van der Waals surface area contributed by atoms with Crippen molar-refractivity contribution in [3.8, 4) is 0 Å². The minimum atomic E-state index is -3.66. The molecule has 0 aliphatic heterocycles. The molecule has 7 nitrogen and oxygen atoms in total. The Hall–Kier alpha value is -0.960. The van der Waals surface area contributed by atoms with Gasteiger partial charge in [-0.1, -0.05) is 6.58 Å². The van der Waals surface area contributed by atoms with E-state index in [1.54, 1.807) is 6.92 Å². The molecule has 0 fully saturated rings. The molecule has 0 saturated carbocycles. The lowest BCUT2D eigenvalue weighted by atomic mass is 10.4. The van der Waals surface area contributed by atoms with Crippen molar-refractivity contribution in [3.63, 3.8) is 0 Å². The number of esters is 1. The molecule has 0 rings (SSSR count). The first kappa shape index (κ1) is 17.4. The maximum atomic E-state index is 10.5. The first-order chi connectivity index (χ1) is 7.30. The van der Waals surface area contributed by atoms with Crippen LogP contribution in [0.2, 0.25) is 0 Å². The molecule has 0 spiro atoms. The average molecular weight is 255 g/mol. The third-order valence-electron chi connectivity index (χ3n) is 1.11. The summed E-state index contributed by atoms with van der Waals surface area (Å²) in [6.45, 7) is 5.62. The summed E-state index contributed by atoms with van der Waals surface area (Å²) in [6.07, 6.45) is 0. The second kappa shape index (κ2) is 9.28. The molecule has 0 unspecified atom stereocenters. The van der Waals surface area contributed by atoms with Crippen molar-refractivity contribution >= 4 is 16.4 Å². The maximum absolute atomic E-state index is 10.5. The largest absolute Gasteiger partial charge is 0.461 e. The zero-order valence-electron chi connectivity index (χ0n) is 9.56. The summed E-state index contributed by atoms with van der Waals surface area (Å²) in [4.78, 5) is 10.5. The lowest BCUT2D eigenvalue weighted by Crippen LogP contribution is -2.13. The van der Waals surface area contributed by atoms with E-state index in [0.29, 0.717) is 12.1 Å². The van der Waals surface area contributed by atoms with Crippen molar-refractivity contribution in [2.45, 2.75) is 6.92 Å². The highest BCUT2D eigenvalue weighted by atomic mass is 32.3. The van der Waals surface area contributed by atoms with E-state index in [1.165, 1.54) is 0 Å². The third kappa shape index (κ3) is 11.1. The van der Waals surface area contributed by atoms with E-state index in [2.05, 4.69) is 19.7 Å². The normalized spacial score (nSPS) is 10.0. The van der Waals surface area contributed by atoms with Crippen LogP contribution in [0.25, 0.3) is 0 Å². The van der Waals surface area contributed by atoms with Gasteiger partial charge < -0.3 is 10.5 Å². The highest BCUT2D eigenvalue weighted by Gasteiger charge is 2.01. The standard InChI is InChI=1S/C6H11NO2.C2H6O4S/c1-5(2)6(8)9-4-3-7;1-5-7(3,4)6-2/h1,3-4,7H2,2H3;1-2H3. The fourth-order valence-electron chi connectivity index (χ4n) is 0.343. The number of ether oxygens (including phenoxy) is 1. The molecule has 2 N–H and O–H groups in total. The summed E-state index contributed by atoms with van der Waals surface area (Å²) in [7, 11) is -1.60. The minimum Gasteiger partial charge on any atom is -0.461 e. The summed E-state index contributed by atoms with van der Waals surface area (Å²) in [5.74, 6) is -0.375. The Labute approximate surface area is 95.5 Å². The van der Waals surface area contributed by atoms with Gasteiger partial charge in [-0.2, -0.15) is 8.42 Å². The van der Waals surface area contributed by atoms with Gasteiger partial charge >= 0.3 is 16.4 Å². The molecular formula is C8H17NO6S. The van der Waals surface area contributed by atoms with Crippen LogP contribution in [0.3, 0.4) is 0 Å². The molecule has 0 atom stereocenters. The van der Waals surface area contributed by atoms with Crippen LogP contribution in [0.1, 0.15) is 6.92 Å². The van der Waals surface area contributed by atoms with Crippen LogP contribution in [0.5, 0.6) is 0 Å². The van der Waals surface area contributed by atoms with Gasteiger partial charge in [0.25, 0.3) is 0 Å². The lowest BCUT2D eigenvalue weighted by molar-refractivity contribution is -0.138. The number of hydrogen-bond donors (Lipinski definition) is 1. The van der Waals surface area contributed by atoms with E-state index in [0.717, 1.165) is 14.2 Å². The van der Waals surface area contributed by atoms with Crippen molar-refractivity contribution in [2.24, 2.45) is 5.73 Å². The van der Waals surface area contributed by atoms with Gasteiger partial charge in [-0.25, -0.2) is 4.79 Å². The molecule has 0 amide bonds. The Morgan fingerprint density at radius 1 is 1.31 bits per heavy atom. The zero-order chi connectivity index (χ0) is 13.2. The Bertz CT molecular complexity index is 300. The van der Waals surface area contributed by atoms with E-state index < -0.39 is 10.4 Å². The Morgan fingerprint density at radius 2 is 1.75 bits per heavy atom. The van der Waals surface area contributed by atoms with Gasteiger partial charge in [-0.15, -0.1) is 0 Å². The SMILES string of the molecule is C=C(C)C(=O)OCCN.COS(=O)(=O)OC. The Kier molecular flexibility index (Phi) is 10.1. The molecule has 0 aliphatic rings. The average Bonchev–Trinajstić information content (AvgIpc) is 2.26. The molecule has 0 aromatic carbocycles. The highest BCUT2D eigenvalue weighted by Crippen LogP contribution is 1.89. The van der Waals surface area contributed by atoms with Gasteiger partial charge in [0.05, 0.1) is 14.2 Å². The van der Waals surface area contributed by atoms with Gasteiger partial charge in [0.2, 0.25) is 0 Å². The topological polar surface area (TPSA) is 105 Å². The first-order valence-electron chi connectivity index (χ1n) is 4.19. The fraction of sp³-hybridized carbons (Fsp3) is 0.625. The van der Waals surface area contributed by atoms with Crippen molar-refractivity contribution < 1.29 is 26.3 Å². The quantitative estimate of drug-likeness (QED) is 0.525. The zero-order valence-corrected chi connectivity index (χ0v) is 10.4. The van der Waals surface area contributed by atoms with Crippen LogP contribution in [-0.4, -0.2) is 41.8 Å². The predicted octanol–water partition coefficient (Wildman–Crippen LogP) is -0.412. The van der Waals surface area contributed by atoms with E-state index >= 15 is 0 Å². The molecule has 0 bridgehead atoms. The van der Waals surface area contributed by atoms with Crippen LogP contribution in [0.4, 0.5) is 0 Å². The van der Waals surface area contributed by atoms with Crippen molar-refractivity contribution in [3.05, 3.63) is 12.2 Å². The van der Waals surface area contributed by atoms with Crippen molar-refractivity contribution in [1.82, 2.24) is 0 Å². The van der Waals surface area contributed by atoms with Gasteiger partial charge in [0, 0.05) is 12.1 Å². The molecule has 0 aliphatic carbocycles. The second-order valence-corrected chi connectivity index (χ2v) is 3.93. The smallest absolute Gasteiger partial charge is 0.399 e. The lowest BCUT2D eigenvalue weighted by Gasteiger charge is -1.99. The second-order valence-electron chi connectivity index (χ2n) is 2.45. The van der Waals surface area contributed by atoms with Crippen LogP contribution in [0, 0.1) is 0 Å². The van der Waals surface area contributed by atoms with Gasteiger partial charge in [0.1, 0.15) is 6.61 Å². The third-order valence-corrected chi connectivity index (χ3v) is 1.92. The van der Waals surface area contributed by atoms with Crippen LogP contribution < -0.4 is 5.73 Å². The number of carbonyl (C=O) groups is 1. The molecule has 96 valence electrons. The molecule has 8 heteroatoms. The number of nitrogens with two attached hydrogens (primary N) is 1. The summed E-state index contributed by atoms with van der Waals surface area (Å²) < 4.78 is 32.1. The molecule has 16 heavy (non-hydrogen) atoms.